The van der Waals surface area contributed by atoms with Gasteiger partial charge < -0.3 is 9.47 Å². The number of aryl methyl sites for hydroxylation is 1. The largest absolute Gasteiger partial charge is 0.338 e. The minimum Gasteiger partial charge on any atom is -0.338 e. The molecule has 0 spiro atoms. The van der Waals surface area contributed by atoms with E-state index in [-0.39, 0.29) is 5.91 Å². The lowest BCUT2D eigenvalue weighted by atomic mass is 10.0. The molecule has 1 saturated carbocycles. The van der Waals surface area contributed by atoms with Crippen molar-refractivity contribution >= 4 is 17.2 Å². The molecular formula is C19H22N6OS. The predicted octanol–water partition coefficient (Wildman–Crippen LogP) is 2.28. The van der Waals surface area contributed by atoms with Crippen LogP contribution in [0, 0.1) is 5.92 Å². The second-order valence-electron chi connectivity index (χ2n) is 7.52. The topological polar surface area (TPSA) is 68.8 Å². The smallest absolute Gasteiger partial charge is 0.227 e. The summed E-state index contributed by atoms with van der Waals surface area (Å²) >= 11 is 1.63. The lowest BCUT2D eigenvalue weighted by molar-refractivity contribution is -0.131. The summed E-state index contributed by atoms with van der Waals surface area (Å²) < 4.78 is 4.06. The summed E-state index contributed by atoms with van der Waals surface area (Å²) in [6.07, 6.45) is 5.65. The fourth-order valence-corrected chi connectivity index (χ4v) is 4.48. The molecule has 0 saturated heterocycles. The third-order valence-electron chi connectivity index (χ3n) is 5.51. The van der Waals surface area contributed by atoms with Crippen LogP contribution in [0.15, 0.2) is 23.2 Å². The van der Waals surface area contributed by atoms with Crippen molar-refractivity contribution in [1.29, 1.82) is 0 Å². The fourth-order valence-electron chi connectivity index (χ4n) is 3.82. The second-order valence-corrected chi connectivity index (χ2v) is 8.30. The summed E-state index contributed by atoms with van der Waals surface area (Å²) in [7, 11) is 1.98. The van der Waals surface area contributed by atoms with Crippen molar-refractivity contribution in [2.24, 2.45) is 13.0 Å². The molecule has 2 aliphatic rings. The molecule has 0 N–H and O–H groups in total. The maximum Gasteiger partial charge on any atom is 0.227 e. The molecule has 5 rings (SSSR count). The van der Waals surface area contributed by atoms with Gasteiger partial charge in [-0.3, -0.25) is 9.48 Å². The summed E-state index contributed by atoms with van der Waals surface area (Å²) in [5.74, 6) is 1.74. The van der Waals surface area contributed by atoms with Crippen LogP contribution >= 0.6 is 11.3 Å². The van der Waals surface area contributed by atoms with Crippen LogP contribution in [0.5, 0.6) is 0 Å². The standard InChI is InChI=1S/C19H22N6OS/c1-23-16-4-6-24(17(26)8-14-5-7-27-11-14)10-15(16)18(22-23)19-21-20-12-25(19)9-13-2-3-13/h5,7,11-13H,2-4,6,8-10H2,1H3. The van der Waals surface area contributed by atoms with Crippen LogP contribution in [-0.2, 0) is 37.8 Å². The van der Waals surface area contributed by atoms with Crippen molar-refractivity contribution in [1.82, 2.24) is 29.4 Å². The van der Waals surface area contributed by atoms with E-state index in [9.17, 15) is 4.79 Å². The van der Waals surface area contributed by atoms with Gasteiger partial charge in [-0.05, 0) is 41.1 Å². The van der Waals surface area contributed by atoms with E-state index < -0.39 is 0 Å². The van der Waals surface area contributed by atoms with Crippen LogP contribution < -0.4 is 0 Å². The molecular weight excluding hydrogens is 360 g/mol. The van der Waals surface area contributed by atoms with E-state index in [4.69, 9.17) is 5.10 Å². The van der Waals surface area contributed by atoms with Crippen molar-refractivity contribution in [3.63, 3.8) is 0 Å². The van der Waals surface area contributed by atoms with Crippen molar-refractivity contribution < 1.29 is 4.79 Å². The number of hydrogen-bond acceptors (Lipinski definition) is 5. The first-order chi connectivity index (χ1) is 13.2. The van der Waals surface area contributed by atoms with Gasteiger partial charge >= 0.3 is 0 Å². The Morgan fingerprint density at radius 2 is 2.26 bits per heavy atom. The molecule has 1 aliphatic carbocycles. The molecule has 0 atom stereocenters. The average molecular weight is 382 g/mol. The van der Waals surface area contributed by atoms with Gasteiger partial charge in [0, 0.05) is 44.4 Å². The first kappa shape index (κ1) is 16.7. The molecule has 1 aliphatic heterocycles. The van der Waals surface area contributed by atoms with Gasteiger partial charge in [-0.1, -0.05) is 0 Å². The van der Waals surface area contributed by atoms with Gasteiger partial charge in [-0.25, -0.2) is 0 Å². The molecule has 140 valence electrons. The number of hydrogen-bond donors (Lipinski definition) is 0. The minimum atomic E-state index is 0.174. The molecule has 1 amide bonds. The predicted molar refractivity (Wildman–Crippen MR) is 102 cm³/mol. The SMILES string of the molecule is Cn1nc(-c2nncn2CC2CC2)c2c1CCN(C(=O)Cc1ccsc1)C2. The van der Waals surface area contributed by atoms with Gasteiger partial charge in [0.25, 0.3) is 0 Å². The molecule has 0 unspecified atom stereocenters. The summed E-state index contributed by atoms with van der Waals surface area (Å²) in [6, 6.07) is 2.02. The zero-order chi connectivity index (χ0) is 18.4. The van der Waals surface area contributed by atoms with Crippen molar-refractivity contribution in [2.75, 3.05) is 6.54 Å². The van der Waals surface area contributed by atoms with Crippen LogP contribution in [-0.4, -0.2) is 41.9 Å². The number of thiophene rings is 1. The van der Waals surface area contributed by atoms with Crippen LogP contribution in [0.4, 0.5) is 0 Å². The molecule has 7 nitrogen and oxygen atoms in total. The Kier molecular flexibility index (Phi) is 4.07. The zero-order valence-electron chi connectivity index (χ0n) is 15.3. The van der Waals surface area contributed by atoms with E-state index in [0.29, 0.717) is 13.0 Å². The van der Waals surface area contributed by atoms with Crippen LogP contribution in [0.25, 0.3) is 11.5 Å². The molecule has 3 aromatic rings. The summed E-state index contributed by atoms with van der Waals surface area (Å²) in [4.78, 5) is 14.7. The van der Waals surface area contributed by atoms with Gasteiger partial charge in [0.2, 0.25) is 5.91 Å². The Balaban J connectivity index is 1.42. The Hall–Kier alpha value is -2.48. The van der Waals surface area contributed by atoms with Crippen LogP contribution in [0.2, 0.25) is 0 Å². The molecule has 1 fully saturated rings. The van der Waals surface area contributed by atoms with Gasteiger partial charge in [-0.15, -0.1) is 10.2 Å². The highest BCUT2D eigenvalue weighted by atomic mass is 32.1. The molecule has 4 heterocycles. The second kappa shape index (κ2) is 6.60. The van der Waals surface area contributed by atoms with Crippen LogP contribution in [0.1, 0.15) is 29.7 Å². The maximum atomic E-state index is 12.8. The third-order valence-corrected chi connectivity index (χ3v) is 6.24. The molecule has 0 aromatic carbocycles. The normalized spacial score (nSPS) is 16.6. The number of rotatable bonds is 5. The van der Waals surface area contributed by atoms with E-state index >= 15 is 0 Å². The summed E-state index contributed by atoms with van der Waals surface area (Å²) in [5.41, 5.74) is 4.28. The van der Waals surface area contributed by atoms with E-state index in [1.165, 1.54) is 18.5 Å². The Morgan fingerprint density at radius 1 is 1.37 bits per heavy atom. The molecule has 8 heteroatoms. The third kappa shape index (κ3) is 3.18. The van der Waals surface area contributed by atoms with Gasteiger partial charge in [0.05, 0.1) is 6.42 Å². The summed E-state index contributed by atoms with van der Waals surface area (Å²) in [6.45, 7) is 2.29. The monoisotopic (exact) mass is 382 g/mol. The minimum absolute atomic E-state index is 0.174. The van der Waals surface area contributed by atoms with Gasteiger partial charge in [0.1, 0.15) is 12.0 Å². The average Bonchev–Trinajstić information content (AvgIpc) is 3.04. The lowest BCUT2D eigenvalue weighted by Crippen LogP contribution is -2.37. The molecule has 3 aromatic heterocycles. The number of fused-ring (bicyclic) bond motifs is 1. The fraction of sp³-hybridized carbons (Fsp3) is 0.474. The number of aromatic nitrogens is 5. The van der Waals surface area contributed by atoms with Crippen molar-refractivity contribution in [2.45, 2.75) is 38.8 Å². The molecule has 27 heavy (non-hydrogen) atoms. The lowest BCUT2D eigenvalue weighted by Gasteiger charge is -2.27. The quantitative estimate of drug-likeness (QED) is 0.679. The molecule has 0 bridgehead atoms. The first-order valence-corrected chi connectivity index (χ1v) is 10.3. The summed E-state index contributed by atoms with van der Waals surface area (Å²) in [5, 5.41) is 17.3. The Labute approximate surface area is 161 Å². The van der Waals surface area contributed by atoms with Crippen LogP contribution in [0.3, 0.4) is 0 Å². The van der Waals surface area contributed by atoms with Crippen molar-refractivity contribution in [3.8, 4) is 11.5 Å². The van der Waals surface area contributed by atoms with E-state index in [1.54, 1.807) is 17.7 Å². The number of carbonyl (C=O) groups is 1. The number of nitrogens with zero attached hydrogens (tertiary/aromatic N) is 6. The number of amides is 1. The Bertz CT molecular complexity index is 969. The van der Waals surface area contributed by atoms with E-state index in [1.807, 2.05) is 33.5 Å². The highest BCUT2D eigenvalue weighted by Gasteiger charge is 2.30. The van der Waals surface area contributed by atoms with Crippen molar-refractivity contribution in [3.05, 3.63) is 40.0 Å². The van der Waals surface area contributed by atoms with E-state index in [0.717, 1.165) is 48.1 Å². The Morgan fingerprint density at radius 3 is 3.04 bits per heavy atom. The maximum absolute atomic E-state index is 12.8. The van der Waals surface area contributed by atoms with Gasteiger partial charge in [0.15, 0.2) is 5.82 Å². The number of carbonyl (C=O) groups excluding carboxylic acids is 1. The first-order valence-electron chi connectivity index (χ1n) is 9.41. The highest BCUT2D eigenvalue weighted by molar-refractivity contribution is 7.08. The van der Waals surface area contributed by atoms with E-state index in [2.05, 4.69) is 14.8 Å². The highest BCUT2D eigenvalue weighted by Crippen LogP contribution is 2.33. The molecule has 0 radical (unpaired) electrons. The van der Waals surface area contributed by atoms with Gasteiger partial charge in [-0.2, -0.15) is 16.4 Å². The zero-order valence-corrected chi connectivity index (χ0v) is 16.2.